The first-order valence-electron chi connectivity index (χ1n) is 5.37. The van der Waals surface area contributed by atoms with Crippen LogP contribution in [0.4, 0.5) is 13.2 Å². The van der Waals surface area contributed by atoms with Gasteiger partial charge in [0.1, 0.15) is 17.6 Å². The van der Waals surface area contributed by atoms with Crippen molar-refractivity contribution >= 4 is 15.9 Å². The van der Waals surface area contributed by atoms with Crippen molar-refractivity contribution in [3.63, 3.8) is 0 Å². The zero-order chi connectivity index (χ0) is 13.2. The van der Waals surface area contributed by atoms with E-state index in [-0.39, 0.29) is 16.3 Å². The van der Waals surface area contributed by atoms with Crippen LogP contribution in [0, 0.1) is 0 Å². The molecule has 0 spiro atoms. The lowest BCUT2D eigenvalue weighted by Crippen LogP contribution is -2.20. The van der Waals surface area contributed by atoms with E-state index in [0.29, 0.717) is 5.75 Å². The van der Waals surface area contributed by atoms with Crippen LogP contribution in [0.1, 0.15) is 6.42 Å². The van der Waals surface area contributed by atoms with Crippen molar-refractivity contribution in [2.45, 2.75) is 18.9 Å². The Kier molecular flexibility index (Phi) is 4.01. The summed E-state index contributed by atoms with van der Waals surface area (Å²) in [5.41, 5.74) is 0. The van der Waals surface area contributed by atoms with Gasteiger partial charge in [0, 0.05) is 6.54 Å². The lowest BCUT2D eigenvalue weighted by Gasteiger charge is -2.15. The predicted octanol–water partition coefficient (Wildman–Crippen LogP) is 3.09. The van der Waals surface area contributed by atoms with E-state index in [1.807, 2.05) is 0 Å². The van der Waals surface area contributed by atoms with Crippen molar-refractivity contribution < 1.29 is 22.6 Å². The average Bonchev–Trinajstić information content (AvgIpc) is 2.73. The molecular weight excluding hydrogens is 315 g/mol. The van der Waals surface area contributed by atoms with Crippen molar-refractivity contribution in [2.24, 2.45) is 0 Å². The summed E-state index contributed by atoms with van der Waals surface area (Å²) in [6.45, 7) is 1.64. The number of nitrogens with one attached hydrogen (secondary N) is 1. The van der Waals surface area contributed by atoms with Gasteiger partial charge < -0.3 is 14.8 Å². The molecule has 1 N–H and O–H groups in total. The van der Waals surface area contributed by atoms with Crippen LogP contribution < -0.4 is 14.8 Å². The van der Waals surface area contributed by atoms with Crippen molar-refractivity contribution in [3.05, 3.63) is 22.7 Å². The highest BCUT2D eigenvalue weighted by Crippen LogP contribution is 2.33. The second-order valence-corrected chi connectivity index (χ2v) is 4.73. The van der Waals surface area contributed by atoms with E-state index in [1.54, 1.807) is 0 Å². The van der Waals surface area contributed by atoms with Crippen LogP contribution in [0.3, 0.4) is 0 Å². The van der Waals surface area contributed by atoms with Gasteiger partial charge in [0.15, 0.2) is 0 Å². The minimum absolute atomic E-state index is 0.0614. The standard InChI is InChI=1S/C11H11BrF3NO2/c12-9-5-7(17-8-3-4-16-6-8)1-2-10(9)18-11(13,14)15/h1-2,5,8,16H,3-4,6H2. The van der Waals surface area contributed by atoms with Gasteiger partial charge >= 0.3 is 6.36 Å². The molecule has 0 aromatic heterocycles. The number of alkyl halides is 3. The van der Waals surface area contributed by atoms with Crippen LogP contribution in [0.25, 0.3) is 0 Å². The van der Waals surface area contributed by atoms with E-state index in [9.17, 15) is 13.2 Å². The van der Waals surface area contributed by atoms with Gasteiger partial charge in [0.05, 0.1) is 4.47 Å². The van der Waals surface area contributed by atoms with Crippen molar-refractivity contribution in [1.29, 1.82) is 0 Å². The predicted molar refractivity (Wildman–Crippen MR) is 62.7 cm³/mol. The van der Waals surface area contributed by atoms with Gasteiger partial charge in [-0.3, -0.25) is 0 Å². The second-order valence-electron chi connectivity index (χ2n) is 3.87. The third-order valence-electron chi connectivity index (χ3n) is 2.45. The van der Waals surface area contributed by atoms with Gasteiger partial charge in [0.2, 0.25) is 0 Å². The third-order valence-corrected chi connectivity index (χ3v) is 3.07. The van der Waals surface area contributed by atoms with Gasteiger partial charge in [-0.1, -0.05) is 0 Å². The lowest BCUT2D eigenvalue weighted by atomic mass is 10.3. The maximum atomic E-state index is 12.1. The molecule has 1 unspecified atom stereocenters. The fourth-order valence-electron chi connectivity index (χ4n) is 1.68. The molecule has 0 radical (unpaired) electrons. The number of halogens is 4. The molecule has 0 saturated carbocycles. The normalized spacial score (nSPS) is 19.9. The Morgan fingerprint density at radius 3 is 2.67 bits per heavy atom. The molecule has 1 heterocycles. The van der Waals surface area contributed by atoms with Gasteiger partial charge in [-0.25, -0.2) is 0 Å². The van der Waals surface area contributed by atoms with Gasteiger partial charge in [0.25, 0.3) is 0 Å². The summed E-state index contributed by atoms with van der Waals surface area (Å²) in [5, 5.41) is 3.14. The molecule has 0 amide bonds. The molecule has 1 atom stereocenters. The zero-order valence-electron chi connectivity index (χ0n) is 9.26. The summed E-state index contributed by atoms with van der Waals surface area (Å²) < 4.78 is 45.9. The molecule has 18 heavy (non-hydrogen) atoms. The Hall–Kier alpha value is -0.950. The molecule has 1 saturated heterocycles. The van der Waals surface area contributed by atoms with Crippen LogP contribution in [0.15, 0.2) is 22.7 Å². The maximum absolute atomic E-state index is 12.1. The molecule has 1 aliphatic rings. The summed E-state index contributed by atoms with van der Waals surface area (Å²) in [4.78, 5) is 0. The number of hydrogen-bond acceptors (Lipinski definition) is 3. The lowest BCUT2D eigenvalue weighted by molar-refractivity contribution is -0.274. The molecule has 3 nitrogen and oxygen atoms in total. The summed E-state index contributed by atoms with van der Waals surface area (Å²) in [6.07, 6.45) is -3.75. The van der Waals surface area contributed by atoms with Crippen LogP contribution in [-0.4, -0.2) is 25.6 Å². The van der Waals surface area contributed by atoms with Gasteiger partial charge in [-0.15, -0.1) is 13.2 Å². The first-order valence-corrected chi connectivity index (χ1v) is 6.16. The number of benzene rings is 1. The molecule has 7 heteroatoms. The van der Waals surface area contributed by atoms with Crippen LogP contribution in [0.2, 0.25) is 0 Å². The number of hydrogen-bond donors (Lipinski definition) is 1. The summed E-state index contributed by atoms with van der Waals surface area (Å²) in [6, 6.07) is 4.17. The maximum Gasteiger partial charge on any atom is 0.573 e. The van der Waals surface area contributed by atoms with Crippen molar-refractivity contribution in [3.8, 4) is 11.5 Å². The second kappa shape index (κ2) is 5.36. The summed E-state index contributed by atoms with van der Waals surface area (Å²) in [7, 11) is 0. The first kappa shape index (κ1) is 13.5. The molecule has 0 bridgehead atoms. The number of rotatable bonds is 3. The molecule has 2 rings (SSSR count). The Morgan fingerprint density at radius 2 is 2.11 bits per heavy atom. The Bertz CT molecular complexity index is 419. The van der Waals surface area contributed by atoms with E-state index in [4.69, 9.17) is 4.74 Å². The number of ether oxygens (including phenoxy) is 2. The van der Waals surface area contributed by atoms with Crippen LogP contribution >= 0.6 is 15.9 Å². The van der Waals surface area contributed by atoms with E-state index >= 15 is 0 Å². The first-order chi connectivity index (χ1) is 8.44. The highest BCUT2D eigenvalue weighted by molar-refractivity contribution is 9.10. The van der Waals surface area contributed by atoms with Crippen molar-refractivity contribution in [2.75, 3.05) is 13.1 Å². The smallest absolute Gasteiger partial charge is 0.489 e. The Balaban J connectivity index is 2.04. The molecule has 1 aliphatic heterocycles. The Morgan fingerprint density at radius 1 is 1.33 bits per heavy atom. The molecular formula is C11H11BrF3NO2. The summed E-state index contributed by atoms with van der Waals surface area (Å²) >= 11 is 3.03. The average molecular weight is 326 g/mol. The van der Waals surface area contributed by atoms with E-state index in [1.165, 1.54) is 18.2 Å². The van der Waals surface area contributed by atoms with Crippen LogP contribution in [0.5, 0.6) is 11.5 Å². The monoisotopic (exact) mass is 325 g/mol. The fraction of sp³-hybridized carbons (Fsp3) is 0.455. The SMILES string of the molecule is FC(F)(F)Oc1ccc(OC2CCNC2)cc1Br. The molecule has 0 aliphatic carbocycles. The minimum Gasteiger partial charge on any atom is -0.489 e. The zero-order valence-corrected chi connectivity index (χ0v) is 10.8. The molecule has 100 valence electrons. The van der Waals surface area contributed by atoms with E-state index in [2.05, 4.69) is 26.0 Å². The topological polar surface area (TPSA) is 30.5 Å². The third kappa shape index (κ3) is 3.78. The fourth-order valence-corrected chi connectivity index (χ4v) is 2.12. The van der Waals surface area contributed by atoms with Gasteiger partial charge in [-0.05, 0) is 47.1 Å². The largest absolute Gasteiger partial charge is 0.573 e. The molecule has 1 aromatic carbocycles. The van der Waals surface area contributed by atoms with E-state index < -0.39 is 6.36 Å². The summed E-state index contributed by atoms with van der Waals surface area (Å²) in [5.74, 6) is 0.240. The Labute approximate surface area is 110 Å². The van der Waals surface area contributed by atoms with Crippen molar-refractivity contribution in [1.82, 2.24) is 5.32 Å². The van der Waals surface area contributed by atoms with Crippen LogP contribution in [-0.2, 0) is 0 Å². The highest BCUT2D eigenvalue weighted by atomic mass is 79.9. The molecule has 1 aromatic rings. The van der Waals surface area contributed by atoms with Gasteiger partial charge in [-0.2, -0.15) is 0 Å². The quantitative estimate of drug-likeness (QED) is 0.926. The minimum atomic E-state index is -4.69. The highest BCUT2D eigenvalue weighted by Gasteiger charge is 2.32. The molecule has 1 fully saturated rings. The van der Waals surface area contributed by atoms with E-state index in [0.717, 1.165) is 19.5 Å².